The first-order chi connectivity index (χ1) is 8.50. The molecule has 0 atom stereocenters. The molecule has 1 fully saturated rings. The molecule has 18 heavy (non-hydrogen) atoms. The highest BCUT2D eigenvalue weighted by atomic mass is 35.5. The number of anilines is 1. The van der Waals surface area contributed by atoms with Gasteiger partial charge in [-0.25, -0.2) is 5.10 Å². The Hall–Kier alpha value is -1.07. The van der Waals surface area contributed by atoms with Crippen LogP contribution in [-0.2, 0) is 0 Å². The minimum atomic E-state index is -0.352. The van der Waals surface area contributed by atoms with Crippen molar-refractivity contribution in [1.82, 2.24) is 15.1 Å². The molecule has 1 saturated heterocycles. The van der Waals surface area contributed by atoms with Crippen LogP contribution in [0.4, 0.5) is 5.69 Å². The number of rotatable bonds is 3. The van der Waals surface area contributed by atoms with Crippen LogP contribution >= 0.6 is 11.6 Å². The predicted molar refractivity (Wildman–Crippen MR) is 73.2 cm³/mol. The third kappa shape index (κ3) is 3.03. The molecular formula is C12H19ClN4O. The second-order valence-electron chi connectivity index (χ2n) is 5.39. The summed E-state index contributed by atoms with van der Waals surface area (Å²) in [4.78, 5) is 13.7. The highest BCUT2D eigenvalue weighted by Crippen LogP contribution is 2.31. The van der Waals surface area contributed by atoms with Gasteiger partial charge in [-0.3, -0.25) is 4.79 Å². The van der Waals surface area contributed by atoms with E-state index < -0.39 is 0 Å². The average molecular weight is 271 g/mol. The number of H-pyrrole nitrogens is 1. The molecule has 2 rings (SSSR count). The van der Waals surface area contributed by atoms with Crippen molar-refractivity contribution in [1.29, 1.82) is 0 Å². The summed E-state index contributed by atoms with van der Waals surface area (Å²) in [6.07, 6.45) is 3.84. The Labute approximate surface area is 112 Å². The fourth-order valence-corrected chi connectivity index (χ4v) is 2.31. The molecule has 6 heteroatoms. The van der Waals surface area contributed by atoms with Crippen molar-refractivity contribution in [3.63, 3.8) is 0 Å². The van der Waals surface area contributed by atoms with E-state index in [-0.39, 0.29) is 16.0 Å². The molecule has 0 bridgehead atoms. The zero-order valence-corrected chi connectivity index (χ0v) is 11.5. The van der Waals surface area contributed by atoms with Gasteiger partial charge in [-0.1, -0.05) is 18.5 Å². The van der Waals surface area contributed by atoms with E-state index in [9.17, 15) is 4.79 Å². The van der Waals surface area contributed by atoms with Gasteiger partial charge >= 0.3 is 0 Å². The lowest BCUT2D eigenvalue weighted by Gasteiger charge is -2.38. The lowest BCUT2D eigenvalue weighted by atomic mass is 9.80. The normalized spacial score (nSPS) is 19.7. The summed E-state index contributed by atoms with van der Waals surface area (Å²) in [6, 6.07) is 0. The van der Waals surface area contributed by atoms with Gasteiger partial charge in [0.25, 0.3) is 5.56 Å². The molecule has 1 aromatic heterocycles. The van der Waals surface area contributed by atoms with Crippen LogP contribution in [0.3, 0.4) is 0 Å². The Morgan fingerprint density at radius 2 is 2.22 bits per heavy atom. The number of aromatic amines is 1. The fraction of sp³-hybridized carbons (Fsp3) is 0.667. The Balaban J connectivity index is 1.99. The highest BCUT2D eigenvalue weighted by molar-refractivity contribution is 6.32. The van der Waals surface area contributed by atoms with E-state index in [1.807, 2.05) is 0 Å². The maximum atomic E-state index is 11.3. The maximum Gasteiger partial charge on any atom is 0.285 e. The highest BCUT2D eigenvalue weighted by Gasteiger charge is 2.28. The van der Waals surface area contributed by atoms with Gasteiger partial charge in [0.1, 0.15) is 5.02 Å². The van der Waals surface area contributed by atoms with Crippen molar-refractivity contribution in [3.8, 4) is 0 Å². The first-order valence-electron chi connectivity index (χ1n) is 6.16. The third-order valence-electron chi connectivity index (χ3n) is 3.70. The van der Waals surface area contributed by atoms with Gasteiger partial charge in [0.2, 0.25) is 0 Å². The van der Waals surface area contributed by atoms with Crippen LogP contribution < -0.4 is 10.9 Å². The molecule has 100 valence electrons. The largest absolute Gasteiger partial charge is 0.382 e. The minimum absolute atomic E-state index is 0.182. The molecule has 5 nitrogen and oxygen atoms in total. The number of aromatic nitrogens is 2. The van der Waals surface area contributed by atoms with E-state index in [2.05, 4.69) is 34.4 Å². The Kier molecular flexibility index (Phi) is 3.92. The van der Waals surface area contributed by atoms with Gasteiger partial charge in [-0.2, -0.15) is 5.10 Å². The number of nitrogens with zero attached hydrogens (tertiary/aromatic N) is 2. The maximum absolute atomic E-state index is 11.3. The molecule has 2 heterocycles. The second kappa shape index (κ2) is 5.28. The quantitative estimate of drug-likeness (QED) is 0.875. The summed E-state index contributed by atoms with van der Waals surface area (Å²) in [5.41, 5.74) is 0.508. The van der Waals surface area contributed by atoms with E-state index in [0.717, 1.165) is 32.5 Å². The molecule has 0 aliphatic carbocycles. The number of nitrogens with one attached hydrogen (secondary N) is 2. The first kappa shape index (κ1) is 13.4. The summed E-state index contributed by atoms with van der Waals surface area (Å²) in [5, 5.41) is 9.49. The van der Waals surface area contributed by atoms with Gasteiger partial charge < -0.3 is 10.2 Å². The molecule has 1 aliphatic rings. The van der Waals surface area contributed by atoms with Crippen molar-refractivity contribution in [2.45, 2.75) is 19.8 Å². The summed E-state index contributed by atoms with van der Waals surface area (Å²) in [7, 11) is 2.14. The summed E-state index contributed by atoms with van der Waals surface area (Å²) < 4.78 is 0. The fourth-order valence-electron chi connectivity index (χ4n) is 2.15. The molecule has 1 aliphatic heterocycles. The standard InChI is InChI=1S/C12H19ClN4O/c1-12(3-5-17(2)6-4-12)8-14-9-7-15-16-11(18)10(9)13/h7H,3-6,8H2,1-2H3,(H2,14,16,18). The number of likely N-dealkylation sites (tertiary alicyclic amines) is 1. The van der Waals surface area contributed by atoms with Crippen molar-refractivity contribution in [3.05, 3.63) is 21.6 Å². The smallest absolute Gasteiger partial charge is 0.285 e. The number of hydrogen-bond acceptors (Lipinski definition) is 4. The number of hydrogen-bond donors (Lipinski definition) is 2. The molecule has 0 amide bonds. The van der Waals surface area contributed by atoms with Crippen molar-refractivity contribution in [2.75, 3.05) is 32.0 Å². The lowest BCUT2D eigenvalue weighted by molar-refractivity contribution is 0.150. The molecule has 0 spiro atoms. The molecule has 0 unspecified atom stereocenters. The third-order valence-corrected chi connectivity index (χ3v) is 4.07. The molecule has 0 saturated carbocycles. The van der Waals surface area contributed by atoms with E-state index in [1.165, 1.54) is 0 Å². The van der Waals surface area contributed by atoms with E-state index in [4.69, 9.17) is 11.6 Å². The summed E-state index contributed by atoms with van der Waals surface area (Å²) in [5.74, 6) is 0. The van der Waals surface area contributed by atoms with Gasteiger partial charge in [-0.15, -0.1) is 0 Å². The summed E-state index contributed by atoms with van der Waals surface area (Å²) in [6.45, 7) is 5.30. The van der Waals surface area contributed by atoms with Gasteiger partial charge in [0, 0.05) is 6.54 Å². The van der Waals surface area contributed by atoms with E-state index >= 15 is 0 Å². The van der Waals surface area contributed by atoms with Crippen molar-refractivity contribution < 1.29 is 0 Å². The average Bonchev–Trinajstić information content (AvgIpc) is 2.35. The minimum Gasteiger partial charge on any atom is -0.382 e. The van der Waals surface area contributed by atoms with Crippen molar-refractivity contribution >= 4 is 17.3 Å². The van der Waals surface area contributed by atoms with Crippen molar-refractivity contribution in [2.24, 2.45) is 5.41 Å². The first-order valence-corrected chi connectivity index (χ1v) is 6.54. The number of piperidine rings is 1. The second-order valence-corrected chi connectivity index (χ2v) is 5.77. The zero-order valence-electron chi connectivity index (χ0n) is 10.8. The van der Waals surface area contributed by atoms with Crippen LogP contribution in [0.5, 0.6) is 0 Å². The molecule has 2 N–H and O–H groups in total. The topological polar surface area (TPSA) is 61.0 Å². The van der Waals surface area contributed by atoms with Crippen LogP contribution in [0.15, 0.2) is 11.0 Å². The molecule has 1 aromatic rings. The monoisotopic (exact) mass is 270 g/mol. The van der Waals surface area contributed by atoms with Crippen LogP contribution in [0.1, 0.15) is 19.8 Å². The van der Waals surface area contributed by atoms with Gasteiger partial charge in [-0.05, 0) is 38.4 Å². The molecular weight excluding hydrogens is 252 g/mol. The Morgan fingerprint density at radius 3 is 2.89 bits per heavy atom. The van der Waals surface area contributed by atoms with Crippen LogP contribution in [0.2, 0.25) is 5.02 Å². The van der Waals surface area contributed by atoms with Crippen LogP contribution in [-0.4, -0.2) is 41.8 Å². The molecule has 0 radical (unpaired) electrons. The predicted octanol–water partition coefficient (Wildman–Crippen LogP) is 1.57. The summed E-state index contributed by atoms with van der Waals surface area (Å²) >= 11 is 5.93. The Morgan fingerprint density at radius 1 is 1.56 bits per heavy atom. The molecule has 0 aromatic carbocycles. The van der Waals surface area contributed by atoms with Gasteiger partial charge in [0.15, 0.2) is 0 Å². The van der Waals surface area contributed by atoms with E-state index in [1.54, 1.807) is 6.20 Å². The van der Waals surface area contributed by atoms with E-state index in [0.29, 0.717) is 5.69 Å². The Bertz CT molecular complexity index is 465. The van der Waals surface area contributed by atoms with Crippen LogP contribution in [0, 0.1) is 5.41 Å². The SMILES string of the molecule is CN1CCC(C)(CNc2cn[nH]c(=O)c2Cl)CC1. The zero-order chi connectivity index (χ0) is 13.2. The van der Waals surface area contributed by atoms with Gasteiger partial charge in [0.05, 0.1) is 11.9 Å². The lowest BCUT2D eigenvalue weighted by Crippen LogP contribution is -2.40. The number of halogens is 1. The van der Waals surface area contributed by atoms with Crippen LogP contribution in [0.25, 0.3) is 0 Å².